The van der Waals surface area contributed by atoms with Gasteiger partial charge in [-0.3, -0.25) is 9.10 Å². The number of rotatable bonds is 8. The van der Waals surface area contributed by atoms with Crippen molar-refractivity contribution in [3.05, 3.63) is 47.5 Å². The predicted molar refractivity (Wildman–Crippen MR) is 111 cm³/mol. The van der Waals surface area contributed by atoms with Crippen LogP contribution in [0.1, 0.15) is 13.3 Å². The minimum absolute atomic E-state index is 0.273. The SMILES string of the molecule is CCC(C(=O)Nc1ccc(OC)c(Cl)c1)N(c1ccc(OC)cc1)S(C)(=O)=O. The van der Waals surface area contributed by atoms with Gasteiger partial charge in [-0.25, -0.2) is 8.42 Å². The van der Waals surface area contributed by atoms with Gasteiger partial charge in [0.25, 0.3) is 0 Å². The Kier molecular flexibility index (Phi) is 7.15. The molecule has 0 fully saturated rings. The quantitative estimate of drug-likeness (QED) is 0.697. The average Bonchev–Trinajstić information content (AvgIpc) is 2.65. The van der Waals surface area contributed by atoms with Crippen molar-refractivity contribution in [2.24, 2.45) is 0 Å². The summed E-state index contributed by atoms with van der Waals surface area (Å²) in [5.74, 6) is 0.593. The zero-order valence-electron chi connectivity index (χ0n) is 16.1. The van der Waals surface area contributed by atoms with Crippen LogP contribution >= 0.6 is 11.6 Å². The van der Waals surface area contributed by atoms with E-state index in [1.165, 1.54) is 14.2 Å². The Balaban J connectivity index is 2.34. The first-order valence-electron chi connectivity index (χ1n) is 8.49. The van der Waals surface area contributed by atoms with Crippen LogP contribution in [0.5, 0.6) is 11.5 Å². The van der Waals surface area contributed by atoms with Crippen molar-refractivity contribution in [3.8, 4) is 11.5 Å². The minimum Gasteiger partial charge on any atom is -0.497 e. The number of sulfonamides is 1. The fourth-order valence-electron chi connectivity index (χ4n) is 2.76. The van der Waals surface area contributed by atoms with E-state index < -0.39 is 22.0 Å². The molecule has 1 amide bonds. The number of nitrogens with one attached hydrogen (secondary N) is 1. The third-order valence-electron chi connectivity index (χ3n) is 4.08. The molecule has 2 aromatic rings. The molecule has 0 aliphatic rings. The largest absolute Gasteiger partial charge is 0.497 e. The van der Waals surface area contributed by atoms with Crippen LogP contribution in [0.25, 0.3) is 0 Å². The highest BCUT2D eigenvalue weighted by Gasteiger charge is 2.31. The van der Waals surface area contributed by atoms with Crippen molar-refractivity contribution in [3.63, 3.8) is 0 Å². The van der Waals surface area contributed by atoms with E-state index in [4.69, 9.17) is 21.1 Å². The van der Waals surface area contributed by atoms with Crippen molar-refractivity contribution in [2.45, 2.75) is 19.4 Å². The van der Waals surface area contributed by atoms with Gasteiger partial charge in [0.05, 0.1) is 31.2 Å². The Bertz CT molecular complexity index is 932. The molecule has 0 aliphatic heterocycles. The van der Waals surface area contributed by atoms with Crippen LogP contribution in [0.4, 0.5) is 11.4 Å². The van der Waals surface area contributed by atoms with Crippen molar-refractivity contribution in [1.29, 1.82) is 0 Å². The molecule has 1 atom stereocenters. The fraction of sp³-hybridized carbons (Fsp3) is 0.316. The summed E-state index contributed by atoms with van der Waals surface area (Å²) < 4.78 is 36.2. The molecule has 0 spiro atoms. The Morgan fingerprint density at radius 1 is 1.14 bits per heavy atom. The number of nitrogens with zero attached hydrogens (tertiary/aromatic N) is 1. The summed E-state index contributed by atoms with van der Waals surface area (Å²) in [7, 11) is -0.708. The Hall–Kier alpha value is -2.45. The number of ether oxygens (including phenoxy) is 2. The van der Waals surface area contributed by atoms with Crippen molar-refractivity contribution < 1.29 is 22.7 Å². The Morgan fingerprint density at radius 3 is 2.25 bits per heavy atom. The third-order valence-corrected chi connectivity index (χ3v) is 5.55. The molecule has 0 saturated heterocycles. The molecule has 152 valence electrons. The highest BCUT2D eigenvalue weighted by atomic mass is 35.5. The number of anilines is 2. The average molecular weight is 427 g/mol. The number of amides is 1. The zero-order chi connectivity index (χ0) is 20.9. The molecule has 0 heterocycles. The van der Waals surface area contributed by atoms with E-state index in [-0.39, 0.29) is 6.42 Å². The molecule has 0 aliphatic carbocycles. The lowest BCUT2D eigenvalue weighted by molar-refractivity contribution is -0.117. The van der Waals surface area contributed by atoms with Crippen molar-refractivity contribution in [1.82, 2.24) is 0 Å². The monoisotopic (exact) mass is 426 g/mol. The summed E-state index contributed by atoms with van der Waals surface area (Å²) in [6, 6.07) is 10.3. The summed E-state index contributed by atoms with van der Waals surface area (Å²) in [6.45, 7) is 1.74. The number of benzene rings is 2. The van der Waals surface area contributed by atoms with Crippen LogP contribution in [0, 0.1) is 0 Å². The topological polar surface area (TPSA) is 84.9 Å². The second-order valence-electron chi connectivity index (χ2n) is 6.02. The molecule has 0 saturated carbocycles. The lowest BCUT2D eigenvalue weighted by Crippen LogP contribution is -2.47. The zero-order valence-corrected chi connectivity index (χ0v) is 17.7. The van der Waals surface area contributed by atoms with Gasteiger partial charge in [-0.2, -0.15) is 0 Å². The first kappa shape index (κ1) is 21.8. The highest BCUT2D eigenvalue weighted by molar-refractivity contribution is 7.92. The number of carbonyl (C=O) groups excluding carboxylic acids is 1. The molecular weight excluding hydrogens is 404 g/mol. The van der Waals surface area contributed by atoms with Crippen LogP contribution < -0.4 is 19.1 Å². The van der Waals surface area contributed by atoms with Gasteiger partial charge in [0.2, 0.25) is 15.9 Å². The molecule has 1 N–H and O–H groups in total. The second-order valence-corrected chi connectivity index (χ2v) is 8.29. The Labute approximate surface area is 170 Å². The summed E-state index contributed by atoms with van der Waals surface area (Å²) in [5, 5.41) is 3.06. The lowest BCUT2D eigenvalue weighted by atomic mass is 10.1. The minimum atomic E-state index is -3.72. The normalized spacial score (nSPS) is 12.2. The van der Waals surface area contributed by atoms with Crippen LogP contribution in [0.3, 0.4) is 0 Å². The first-order valence-corrected chi connectivity index (χ1v) is 10.7. The summed E-state index contributed by atoms with van der Waals surface area (Å²) in [6.07, 6.45) is 1.34. The van der Waals surface area contributed by atoms with Gasteiger partial charge in [-0.05, 0) is 48.9 Å². The van der Waals surface area contributed by atoms with E-state index in [0.717, 1.165) is 10.6 Å². The predicted octanol–water partition coefficient (Wildman–Crippen LogP) is 3.54. The van der Waals surface area contributed by atoms with E-state index in [9.17, 15) is 13.2 Å². The molecule has 0 bridgehead atoms. The van der Waals surface area contributed by atoms with E-state index in [1.807, 2.05) is 0 Å². The molecule has 9 heteroatoms. The number of carbonyl (C=O) groups is 1. The number of hydrogen-bond acceptors (Lipinski definition) is 5. The number of methoxy groups -OCH3 is 2. The molecule has 2 rings (SSSR count). The van der Waals surface area contributed by atoms with Gasteiger partial charge in [0, 0.05) is 5.69 Å². The van der Waals surface area contributed by atoms with E-state index in [0.29, 0.717) is 27.9 Å². The van der Waals surface area contributed by atoms with Crippen LogP contribution in [0.15, 0.2) is 42.5 Å². The molecular formula is C19H23ClN2O5S. The summed E-state index contributed by atoms with van der Waals surface area (Å²) >= 11 is 6.09. The molecule has 2 aromatic carbocycles. The molecule has 7 nitrogen and oxygen atoms in total. The lowest BCUT2D eigenvalue weighted by Gasteiger charge is -2.30. The van der Waals surface area contributed by atoms with Crippen LogP contribution in [-0.2, 0) is 14.8 Å². The van der Waals surface area contributed by atoms with Gasteiger partial charge >= 0.3 is 0 Å². The van der Waals surface area contributed by atoms with Gasteiger partial charge in [0.15, 0.2) is 0 Å². The smallest absolute Gasteiger partial charge is 0.248 e. The van der Waals surface area contributed by atoms with Gasteiger partial charge in [-0.1, -0.05) is 18.5 Å². The Morgan fingerprint density at radius 2 is 1.79 bits per heavy atom. The molecule has 28 heavy (non-hydrogen) atoms. The number of hydrogen-bond donors (Lipinski definition) is 1. The fourth-order valence-corrected chi connectivity index (χ4v) is 4.23. The molecule has 0 aromatic heterocycles. The van der Waals surface area contributed by atoms with Crippen LogP contribution in [-0.4, -0.2) is 40.8 Å². The first-order chi connectivity index (χ1) is 13.2. The van der Waals surface area contributed by atoms with E-state index in [1.54, 1.807) is 49.4 Å². The van der Waals surface area contributed by atoms with Gasteiger partial charge in [0.1, 0.15) is 17.5 Å². The van der Waals surface area contributed by atoms with Crippen LogP contribution in [0.2, 0.25) is 5.02 Å². The van der Waals surface area contributed by atoms with Gasteiger partial charge in [-0.15, -0.1) is 0 Å². The van der Waals surface area contributed by atoms with Crippen molar-refractivity contribution >= 4 is 38.9 Å². The maximum atomic E-state index is 12.9. The molecule has 0 radical (unpaired) electrons. The van der Waals surface area contributed by atoms with E-state index in [2.05, 4.69) is 5.32 Å². The van der Waals surface area contributed by atoms with Gasteiger partial charge < -0.3 is 14.8 Å². The maximum absolute atomic E-state index is 12.9. The highest BCUT2D eigenvalue weighted by Crippen LogP contribution is 2.29. The summed E-state index contributed by atoms with van der Waals surface area (Å²) in [5.41, 5.74) is 0.815. The standard InChI is InChI=1S/C19H23ClN2O5S/c1-5-17(19(23)21-13-6-11-18(27-3)16(20)12-13)22(28(4,24)25)14-7-9-15(26-2)10-8-14/h6-12,17H,5H2,1-4H3,(H,21,23). The molecule has 1 unspecified atom stereocenters. The van der Waals surface area contributed by atoms with E-state index >= 15 is 0 Å². The second kappa shape index (κ2) is 9.16. The summed E-state index contributed by atoms with van der Waals surface area (Å²) in [4.78, 5) is 12.9. The third kappa shape index (κ3) is 5.08. The van der Waals surface area contributed by atoms with Crippen molar-refractivity contribution in [2.75, 3.05) is 30.1 Å². The number of halogens is 1. The maximum Gasteiger partial charge on any atom is 0.248 e.